The number of carbonyl (C=O) groups is 2. The van der Waals surface area contributed by atoms with Crippen LogP contribution in [0.1, 0.15) is 19.8 Å². The molecule has 3 N–H and O–H groups in total. The van der Waals surface area contributed by atoms with Gasteiger partial charge in [-0.3, -0.25) is 4.79 Å². The third-order valence-corrected chi connectivity index (χ3v) is 3.12. The third-order valence-electron chi connectivity index (χ3n) is 3.12. The second-order valence-electron chi connectivity index (χ2n) is 4.67. The number of rotatable bonds is 5. The molecular formula is C14H18N2O4. The molecule has 0 bridgehead atoms. The first-order valence-corrected chi connectivity index (χ1v) is 6.64. The number of carboxylic acids is 1. The maximum absolute atomic E-state index is 12.1. The summed E-state index contributed by atoms with van der Waals surface area (Å²) in [5.74, 6) is -0.835. The molecule has 0 saturated heterocycles. The number of amides is 1. The predicted octanol–water partition coefficient (Wildman–Crippen LogP) is 1.23. The van der Waals surface area contributed by atoms with Crippen LogP contribution in [0.25, 0.3) is 0 Å². The topological polar surface area (TPSA) is 87.7 Å². The van der Waals surface area contributed by atoms with Crippen LogP contribution in [0.5, 0.6) is 5.75 Å². The average Bonchev–Trinajstić information content (AvgIpc) is 2.46. The zero-order chi connectivity index (χ0) is 14.5. The number of anilines is 1. The van der Waals surface area contributed by atoms with E-state index in [2.05, 4.69) is 10.6 Å². The fourth-order valence-electron chi connectivity index (χ4n) is 2.07. The Labute approximate surface area is 117 Å². The molecule has 1 aliphatic rings. The number of hydrogen-bond donors (Lipinski definition) is 3. The van der Waals surface area contributed by atoms with Gasteiger partial charge in [-0.1, -0.05) is 25.5 Å². The van der Waals surface area contributed by atoms with Gasteiger partial charge in [0, 0.05) is 0 Å². The summed E-state index contributed by atoms with van der Waals surface area (Å²) in [7, 11) is 0. The monoisotopic (exact) mass is 278 g/mol. The number of para-hydroxylation sites is 2. The summed E-state index contributed by atoms with van der Waals surface area (Å²) in [5.41, 5.74) is 0.833. The standard InChI is InChI=1S/C14H18N2O4/c1-2-5-10(14(18)19)16-13(17)12-8-15-9-6-3-4-7-11(9)20-12/h3-4,6-7,10,12,15H,2,5,8H2,1H3,(H,16,17)(H,18,19)/t10-,12?/m0/s1. The minimum Gasteiger partial charge on any atom is -0.480 e. The van der Waals surface area contributed by atoms with E-state index < -0.39 is 24.0 Å². The number of ether oxygens (including phenoxy) is 1. The molecule has 2 rings (SSSR count). The predicted molar refractivity (Wildman–Crippen MR) is 73.8 cm³/mol. The highest BCUT2D eigenvalue weighted by Crippen LogP contribution is 2.28. The van der Waals surface area contributed by atoms with E-state index in [1.807, 2.05) is 25.1 Å². The molecule has 108 valence electrons. The quantitative estimate of drug-likeness (QED) is 0.754. The van der Waals surface area contributed by atoms with Crippen LogP contribution in [0, 0.1) is 0 Å². The van der Waals surface area contributed by atoms with Gasteiger partial charge in [-0.25, -0.2) is 4.79 Å². The van der Waals surface area contributed by atoms with Crippen LogP contribution in [0.3, 0.4) is 0 Å². The van der Waals surface area contributed by atoms with Gasteiger partial charge < -0.3 is 20.5 Å². The Morgan fingerprint density at radius 2 is 2.25 bits per heavy atom. The molecule has 1 amide bonds. The van der Waals surface area contributed by atoms with Gasteiger partial charge in [0.1, 0.15) is 11.8 Å². The smallest absolute Gasteiger partial charge is 0.326 e. The van der Waals surface area contributed by atoms with Crippen molar-refractivity contribution >= 4 is 17.6 Å². The number of benzene rings is 1. The van der Waals surface area contributed by atoms with E-state index in [0.29, 0.717) is 25.1 Å². The van der Waals surface area contributed by atoms with Crippen molar-refractivity contribution in [2.45, 2.75) is 31.9 Å². The third kappa shape index (κ3) is 3.20. The molecular weight excluding hydrogens is 260 g/mol. The summed E-state index contributed by atoms with van der Waals surface area (Å²) < 4.78 is 5.58. The number of carboxylic acid groups (broad SMARTS) is 1. The summed E-state index contributed by atoms with van der Waals surface area (Å²) in [6, 6.07) is 6.45. The molecule has 6 nitrogen and oxygen atoms in total. The fourth-order valence-corrected chi connectivity index (χ4v) is 2.07. The first kappa shape index (κ1) is 14.2. The van der Waals surface area contributed by atoms with Crippen molar-refractivity contribution in [3.63, 3.8) is 0 Å². The first-order valence-electron chi connectivity index (χ1n) is 6.64. The maximum atomic E-state index is 12.1. The van der Waals surface area contributed by atoms with Crippen LogP contribution in [0.4, 0.5) is 5.69 Å². The van der Waals surface area contributed by atoms with Crippen LogP contribution in [-0.2, 0) is 9.59 Å². The Balaban J connectivity index is 1.99. The molecule has 0 aromatic heterocycles. The van der Waals surface area contributed by atoms with E-state index in [0.717, 1.165) is 5.69 Å². The number of fused-ring (bicyclic) bond motifs is 1. The second kappa shape index (κ2) is 6.27. The Morgan fingerprint density at radius 1 is 1.50 bits per heavy atom. The van der Waals surface area contributed by atoms with Crippen molar-refractivity contribution in [3.8, 4) is 5.75 Å². The molecule has 0 spiro atoms. The maximum Gasteiger partial charge on any atom is 0.326 e. The van der Waals surface area contributed by atoms with Gasteiger partial charge in [-0.2, -0.15) is 0 Å². The SMILES string of the molecule is CCC[C@H](NC(=O)C1CNc2ccccc2O1)C(=O)O. The van der Waals surface area contributed by atoms with Crippen LogP contribution in [-0.4, -0.2) is 35.7 Å². The van der Waals surface area contributed by atoms with Crippen LogP contribution < -0.4 is 15.4 Å². The molecule has 1 unspecified atom stereocenters. The summed E-state index contributed by atoms with van der Waals surface area (Å²) >= 11 is 0. The molecule has 1 aliphatic heterocycles. The van der Waals surface area contributed by atoms with Gasteiger partial charge in [-0.15, -0.1) is 0 Å². The van der Waals surface area contributed by atoms with Crippen molar-refractivity contribution in [1.29, 1.82) is 0 Å². The Morgan fingerprint density at radius 3 is 2.95 bits per heavy atom. The zero-order valence-electron chi connectivity index (χ0n) is 11.3. The lowest BCUT2D eigenvalue weighted by Crippen LogP contribution is -2.50. The van der Waals surface area contributed by atoms with Gasteiger partial charge in [0.15, 0.2) is 6.10 Å². The van der Waals surface area contributed by atoms with E-state index in [9.17, 15) is 9.59 Å². The molecule has 6 heteroatoms. The van der Waals surface area contributed by atoms with E-state index in [4.69, 9.17) is 9.84 Å². The highest BCUT2D eigenvalue weighted by atomic mass is 16.5. The molecule has 1 aromatic carbocycles. The van der Waals surface area contributed by atoms with E-state index >= 15 is 0 Å². The van der Waals surface area contributed by atoms with Crippen molar-refractivity contribution in [1.82, 2.24) is 5.32 Å². The normalized spacial score (nSPS) is 18.1. The van der Waals surface area contributed by atoms with Gasteiger partial charge in [0.05, 0.1) is 12.2 Å². The molecule has 0 radical (unpaired) electrons. The zero-order valence-corrected chi connectivity index (χ0v) is 11.3. The molecule has 0 aliphatic carbocycles. The van der Waals surface area contributed by atoms with Gasteiger partial charge in [0.25, 0.3) is 5.91 Å². The van der Waals surface area contributed by atoms with Crippen molar-refractivity contribution < 1.29 is 19.4 Å². The molecule has 0 fully saturated rings. The molecule has 20 heavy (non-hydrogen) atoms. The Kier molecular flexibility index (Phi) is 4.45. The molecule has 2 atom stereocenters. The lowest BCUT2D eigenvalue weighted by Gasteiger charge is -2.27. The Hall–Kier alpha value is -2.24. The lowest BCUT2D eigenvalue weighted by atomic mass is 10.1. The van der Waals surface area contributed by atoms with Gasteiger partial charge >= 0.3 is 5.97 Å². The first-order chi connectivity index (χ1) is 9.61. The minimum absolute atomic E-state index is 0.321. The van der Waals surface area contributed by atoms with Gasteiger partial charge in [0.2, 0.25) is 0 Å². The van der Waals surface area contributed by atoms with Crippen LogP contribution >= 0.6 is 0 Å². The largest absolute Gasteiger partial charge is 0.480 e. The van der Waals surface area contributed by atoms with E-state index in [1.54, 1.807) is 6.07 Å². The number of hydrogen-bond acceptors (Lipinski definition) is 4. The minimum atomic E-state index is -1.02. The van der Waals surface area contributed by atoms with Crippen LogP contribution in [0.2, 0.25) is 0 Å². The van der Waals surface area contributed by atoms with Crippen molar-refractivity contribution in [2.24, 2.45) is 0 Å². The van der Waals surface area contributed by atoms with Crippen LogP contribution in [0.15, 0.2) is 24.3 Å². The summed E-state index contributed by atoms with van der Waals surface area (Å²) in [5, 5.41) is 14.6. The van der Waals surface area contributed by atoms with Crippen molar-refractivity contribution in [3.05, 3.63) is 24.3 Å². The number of nitrogens with one attached hydrogen (secondary N) is 2. The summed E-state index contributed by atoms with van der Waals surface area (Å²) in [6.45, 7) is 2.19. The highest BCUT2D eigenvalue weighted by Gasteiger charge is 2.29. The van der Waals surface area contributed by atoms with Gasteiger partial charge in [-0.05, 0) is 18.6 Å². The highest BCUT2D eigenvalue weighted by molar-refractivity contribution is 5.87. The number of aliphatic carboxylic acids is 1. The summed E-state index contributed by atoms with van der Waals surface area (Å²) in [4.78, 5) is 23.1. The van der Waals surface area contributed by atoms with Crippen molar-refractivity contribution in [2.75, 3.05) is 11.9 Å². The number of carbonyl (C=O) groups excluding carboxylic acids is 1. The lowest BCUT2D eigenvalue weighted by molar-refractivity contribution is -0.143. The van der Waals surface area contributed by atoms with E-state index in [-0.39, 0.29) is 0 Å². The van der Waals surface area contributed by atoms with E-state index in [1.165, 1.54) is 0 Å². The second-order valence-corrected chi connectivity index (χ2v) is 4.67. The summed E-state index contributed by atoms with van der Waals surface area (Å²) in [6.07, 6.45) is 0.366. The molecule has 1 heterocycles. The average molecular weight is 278 g/mol. The Bertz CT molecular complexity index is 504. The molecule has 0 saturated carbocycles. The molecule has 1 aromatic rings. The fraction of sp³-hybridized carbons (Fsp3) is 0.429.